The SMILES string of the molecule is Cc1cccc(OCCNC(=O)CN(c2ccccc2)S(C)(=O)=O)c1. The standard InChI is InChI=1S/C18H22N2O4S/c1-15-7-6-10-17(13-15)24-12-11-19-18(21)14-20(25(2,22)23)16-8-4-3-5-9-16/h3-10,13H,11-12,14H2,1-2H3,(H,19,21). The molecule has 0 heterocycles. The molecule has 0 aliphatic rings. The van der Waals surface area contributed by atoms with E-state index in [9.17, 15) is 13.2 Å². The monoisotopic (exact) mass is 362 g/mol. The van der Waals surface area contributed by atoms with Crippen molar-refractivity contribution in [2.75, 3.05) is 30.3 Å². The molecule has 6 nitrogen and oxygen atoms in total. The van der Waals surface area contributed by atoms with Crippen molar-refractivity contribution in [2.24, 2.45) is 0 Å². The molecule has 0 unspecified atom stereocenters. The summed E-state index contributed by atoms with van der Waals surface area (Å²) in [5.41, 5.74) is 1.55. The van der Waals surface area contributed by atoms with Crippen LogP contribution in [0.2, 0.25) is 0 Å². The maximum Gasteiger partial charge on any atom is 0.240 e. The predicted molar refractivity (Wildman–Crippen MR) is 98.3 cm³/mol. The fourth-order valence-electron chi connectivity index (χ4n) is 2.25. The number of aryl methyl sites for hydroxylation is 1. The molecule has 0 aliphatic heterocycles. The molecule has 0 atom stereocenters. The molecule has 0 bridgehead atoms. The summed E-state index contributed by atoms with van der Waals surface area (Å²) in [6.45, 7) is 2.30. The number of carbonyl (C=O) groups is 1. The van der Waals surface area contributed by atoms with Crippen LogP contribution in [0.4, 0.5) is 5.69 Å². The quantitative estimate of drug-likeness (QED) is 0.729. The van der Waals surface area contributed by atoms with Gasteiger partial charge in [-0.2, -0.15) is 0 Å². The van der Waals surface area contributed by atoms with E-state index in [1.54, 1.807) is 30.3 Å². The molecular weight excluding hydrogens is 340 g/mol. The van der Waals surface area contributed by atoms with Crippen LogP contribution in [0.25, 0.3) is 0 Å². The van der Waals surface area contributed by atoms with E-state index < -0.39 is 10.0 Å². The van der Waals surface area contributed by atoms with Gasteiger partial charge in [0.1, 0.15) is 18.9 Å². The smallest absolute Gasteiger partial charge is 0.240 e. The number of benzene rings is 2. The van der Waals surface area contributed by atoms with Gasteiger partial charge in [0.05, 0.1) is 18.5 Å². The molecule has 134 valence electrons. The second-order valence-electron chi connectivity index (χ2n) is 5.62. The number of hydrogen-bond acceptors (Lipinski definition) is 4. The molecule has 7 heteroatoms. The first-order valence-corrected chi connectivity index (χ1v) is 9.70. The van der Waals surface area contributed by atoms with E-state index in [4.69, 9.17) is 4.74 Å². The van der Waals surface area contributed by atoms with E-state index in [1.165, 1.54) is 0 Å². The number of amides is 1. The highest BCUT2D eigenvalue weighted by atomic mass is 32.2. The zero-order valence-corrected chi connectivity index (χ0v) is 15.1. The minimum atomic E-state index is -3.55. The Balaban J connectivity index is 1.85. The highest BCUT2D eigenvalue weighted by Crippen LogP contribution is 2.16. The van der Waals surface area contributed by atoms with Gasteiger partial charge in [0.25, 0.3) is 0 Å². The highest BCUT2D eigenvalue weighted by Gasteiger charge is 2.20. The third-order valence-corrected chi connectivity index (χ3v) is 4.55. The lowest BCUT2D eigenvalue weighted by Gasteiger charge is -2.21. The van der Waals surface area contributed by atoms with E-state index in [-0.39, 0.29) is 12.5 Å². The summed E-state index contributed by atoms with van der Waals surface area (Å²) in [4.78, 5) is 12.1. The first-order chi connectivity index (χ1) is 11.9. The molecular formula is C18H22N2O4S. The number of nitrogens with one attached hydrogen (secondary N) is 1. The van der Waals surface area contributed by atoms with Gasteiger partial charge in [0, 0.05) is 0 Å². The van der Waals surface area contributed by atoms with E-state index in [0.717, 1.165) is 21.9 Å². The van der Waals surface area contributed by atoms with Crippen LogP contribution >= 0.6 is 0 Å². The van der Waals surface area contributed by atoms with Crippen molar-refractivity contribution >= 4 is 21.6 Å². The molecule has 2 rings (SSSR count). The molecule has 0 spiro atoms. The molecule has 0 saturated carbocycles. The van der Waals surface area contributed by atoms with Gasteiger partial charge in [-0.15, -0.1) is 0 Å². The third kappa shape index (κ3) is 6.11. The molecule has 0 aromatic heterocycles. The van der Waals surface area contributed by atoms with Gasteiger partial charge < -0.3 is 10.1 Å². The Morgan fingerprint density at radius 1 is 1.12 bits per heavy atom. The normalized spacial score (nSPS) is 11.0. The number of hydrogen-bond donors (Lipinski definition) is 1. The molecule has 1 amide bonds. The Morgan fingerprint density at radius 2 is 1.84 bits per heavy atom. The average Bonchev–Trinajstić information content (AvgIpc) is 2.56. The Bertz CT molecular complexity index is 807. The lowest BCUT2D eigenvalue weighted by atomic mass is 10.2. The lowest BCUT2D eigenvalue weighted by molar-refractivity contribution is -0.119. The van der Waals surface area contributed by atoms with Crippen LogP contribution in [0.5, 0.6) is 5.75 Å². The van der Waals surface area contributed by atoms with Crippen LogP contribution < -0.4 is 14.4 Å². The van der Waals surface area contributed by atoms with Crippen molar-refractivity contribution in [3.05, 3.63) is 60.2 Å². The van der Waals surface area contributed by atoms with Crippen molar-refractivity contribution < 1.29 is 17.9 Å². The first kappa shape index (κ1) is 18.8. The Hall–Kier alpha value is -2.54. The molecule has 2 aromatic carbocycles. The van der Waals surface area contributed by atoms with Crippen LogP contribution in [0.15, 0.2) is 54.6 Å². The number of para-hydroxylation sites is 1. The summed E-state index contributed by atoms with van der Waals surface area (Å²) in [6.07, 6.45) is 1.08. The van der Waals surface area contributed by atoms with Gasteiger partial charge in [-0.25, -0.2) is 8.42 Å². The van der Waals surface area contributed by atoms with Gasteiger partial charge in [0.2, 0.25) is 15.9 Å². The average molecular weight is 362 g/mol. The van der Waals surface area contributed by atoms with Gasteiger partial charge in [-0.1, -0.05) is 30.3 Å². The van der Waals surface area contributed by atoms with Crippen LogP contribution in [-0.4, -0.2) is 40.3 Å². The molecule has 0 radical (unpaired) electrons. The van der Waals surface area contributed by atoms with E-state index in [1.807, 2.05) is 31.2 Å². The Morgan fingerprint density at radius 3 is 2.48 bits per heavy atom. The first-order valence-electron chi connectivity index (χ1n) is 7.85. The van der Waals surface area contributed by atoms with Crippen molar-refractivity contribution in [1.29, 1.82) is 0 Å². The van der Waals surface area contributed by atoms with Crippen LogP contribution in [0.3, 0.4) is 0 Å². The van der Waals surface area contributed by atoms with Crippen molar-refractivity contribution in [3.8, 4) is 5.75 Å². The van der Waals surface area contributed by atoms with Crippen LogP contribution in [0.1, 0.15) is 5.56 Å². The maximum absolute atomic E-state index is 12.1. The van der Waals surface area contributed by atoms with Gasteiger partial charge >= 0.3 is 0 Å². The number of sulfonamides is 1. The number of rotatable bonds is 8. The lowest BCUT2D eigenvalue weighted by Crippen LogP contribution is -2.41. The summed E-state index contributed by atoms with van der Waals surface area (Å²) < 4.78 is 30.5. The molecule has 1 N–H and O–H groups in total. The van der Waals surface area contributed by atoms with Gasteiger partial charge in [0.15, 0.2) is 0 Å². The van der Waals surface area contributed by atoms with Crippen molar-refractivity contribution in [1.82, 2.24) is 5.32 Å². The molecule has 2 aromatic rings. The minimum Gasteiger partial charge on any atom is -0.492 e. The van der Waals surface area contributed by atoms with Crippen LogP contribution in [-0.2, 0) is 14.8 Å². The molecule has 25 heavy (non-hydrogen) atoms. The molecule has 0 fully saturated rings. The number of anilines is 1. The third-order valence-electron chi connectivity index (χ3n) is 3.41. The van der Waals surface area contributed by atoms with Crippen molar-refractivity contribution in [3.63, 3.8) is 0 Å². The summed E-state index contributed by atoms with van der Waals surface area (Å²) in [5, 5.41) is 2.67. The van der Waals surface area contributed by atoms with Crippen molar-refractivity contribution in [2.45, 2.75) is 6.92 Å². The molecule has 0 aliphatic carbocycles. The summed E-state index contributed by atoms with van der Waals surface area (Å²) in [7, 11) is -3.55. The second-order valence-corrected chi connectivity index (χ2v) is 7.53. The van der Waals surface area contributed by atoms with Crippen LogP contribution in [0, 0.1) is 6.92 Å². The fraction of sp³-hybridized carbons (Fsp3) is 0.278. The fourth-order valence-corrected chi connectivity index (χ4v) is 3.10. The zero-order valence-electron chi connectivity index (χ0n) is 14.3. The second kappa shape index (κ2) is 8.53. The largest absolute Gasteiger partial charge is 0.492 e. The van der Waals surface area contributed by atoms with E-state index in [0.29, 0.717) is 18.8 Å². The minimum absolute atomic E-state index is 0.271. The summed E-state index contributed by atoms with van der Waals surface area (Å²) in [6, 6.07) is 16.1. The van der Waals surface area contributed by atoms with Gasteiger partial charge in [-0.3, -0.25) is 9.10 Å². The molecule has 0 saturated heterocycles. The number of nitrogens with zero attached hydrogens (tertiary/aromatic N) is 1. The maximum atomic E-state index is 12.1. The number of ether oxygens (including phenoxy) is 1. The van der Waals surface area contributed by atoms with E-state index >= 15 is 0 Å². The Kier molecular flexibility index (Phi) is 6.41. The van der Waals surface area contributed by atoms with E-state index in [2.05, 4.69) is 5.32 Å². The zero-order chi connectivity index (χ0) is 18.3. The highest BCUT2D eigenvalue weighted by molar-refractivity contribution is 7.92. The number of carbonyl (C=O) groups excluding carboxylic acids is 1. The predicted octanol–water partition coefficient (Wildman–Crippen LogP) is 1.96. The summed E-state index contributed by atoms with van der Waals surface area (Å²) >= 11 is 0. The Labute approximate surface area is 148 Å². The summed E-state index contributed by atoms with van der Waals surface area (Å²) in [5.74, 6) is 0.346. The van der Waals surface area contributed by atoms with Gasteiger partial charge in [-0.05, 0) is 36.8 Å². The topological polar surface area (TPSA) is 75.7 Å².